The maximum atomic E-state index is 12.8. The Balaban J connectivity index is 0.000000436. The largest absolute Gasteiger partial charge is 0.478 e. The van der Waals surface area contributed by atoms with E-state index in [9.17, 15) is 19.2 Å². The molecule has 0 heterocycles. The maximum Gasteiger partial charge on any atom is 0.346 e. The van der Waals surface area contributed by atoms with Crippen LogP contribution in [0.2, 0.25) is 0 Å². The number of hydrogen-bond donors (Lipinski definition) is 1. The van der Waals surface area contributed by atoms with Crippen LogP contribution in [0.3, 0.4) is 0 Å². The molecule has 0 saturated heterocycles. The minimum absolute atomic E-state index is 0.0456. The molecule has 0 radical (unpaired) electrons. The van der Waals surface area contributed by atoms with Gasteiger partial charge >= 0.3 is 23.9 Å². The number of hydrogen-bond acceptors (Lipinski definition) is 6. The van der Waals surface area contributed by atoms with Gasteiger partial charge in [0, 0.05) is 0 Å². The molecule has 0 fully saturated rings. The van der Waals surface area contributed by atoms with E-state index in [0.29, 0.717) is 28.7 Å². The first kappa shape index (κ1) is 39.4. The second kappa shape index (κ2) is 19.2. The fourth-order valence-corrected chi connectivity index (χ4v) is 5.14. The van der Waals surface area contributed by atoms with Gasteiger partial charge in [-0.3, -0.25) is 0 Å². The van der Waals surface area contributed by atoms with Crippen molar-refractivity contribution in [2.24, 2.45) is 0 Å². The molecule has 0 saturated carbocycles. The Kier molecular flexibility index (Phi) is 15.1. The molecule has 0 aromatic heterocycles. The van der Waals surface area contributed by atoms with E-state index in [-0.39, 0.29) is 11.0 Å². The van der Waals surface area contributed by atoms with Crippen LogP contribution in [0.4, 0.5) is 0 Å². The quantitative estimate of drug-likeness (QED) is 0.111. The molecular formula is C43H50O7. The molecule has 1 atom stereocenters. The fraction of sp³-hybridized carbons (Fsp3) is 0.349. The molecule has 50 heavy (non-hydrogen) atoms. The summed E-state index contributed by atoms with van der Waals surface area (Å²) < 4.78 is 10.9. The van der Waals surface area contributed by atoms with Crippen LogP contribution in [0, 0.1) is 0 Å². The Morgan fingerprint density at radius 3 is 1.58 bits per heavy atom. The van der Waals surface area contributed by atoms with Crippen LogP contribution in [0.25, 0.3) is 0 Å². The third-order valence-corrected chi connectivity index (χ3v) is 8.31. The summed E-state index contributed by atoms with van der Waals surface area (Å²) in [4.78, 5) is 48.5. The lowest BCUT2D eigenvalue weighted by molar-refractivity contribution is 0.0287. The maximum absolute atomic E-state index is 12.8. The number of aromatic carboxylic acids is 1. The van der Waals surface area contributed by atoms with Crippen molar-refractivity contribution >= 4 is 23.9 Å². The number of benzene rings is 4. The molecule has 4 aromatic rings. The summed E-state index contributed by atoms with van der Waals surface area (Å²) in [6, 6.07) is 28.3. The van der Waals surface area contributed by atoms with Crippen molar-refractivity contribution in [2.45, 2.75) is 98.0 Å². The Hall–Kier alpha value is -5.04. The highest BCUT2D eigenvalue weighted by atomic mass is 16.6. The number of esters is 3. The van der Waals surface area contributed by atoms with E-state index in [4.69, 9.17) is 14.6 Å². The van der Waals surface area contributed by atoms with E-state index in [1.54, 1.807) is 60.7 Å². The molecule has 0 aliphatic carbocycles. The number of carboxylic acid groups (broad SMARTS) is 1. The lowest BCUT2D eigenvalue weighted by atomic mass is 9.87. The van der Waals surface area contributed by atoms with Gasteiger partial charge < -0.3 is 14.6 Å². The highest BCUT2D eigenvalue weighted by molar-refractivity contribution is 6.02. The second-order valence-electron chi connectivity index (χ2n) is 13.3. The lowest BCUT2D eigenvalue weighted by Crippen LogP contribution is -2.15. The van der Waals surface area contributed by atoms with E-state index in [1.165, 1.54) is 17.5 Å². The molecule has 1 N–H and O–H groups in total. The van der Waals surface area contributed by atoms with Crippen LogP contribution in [-0.2, 0) is 27.7 Å². The molecule has 0 aliphatic rings. The highest BCUT2D eigenvalue weighted by Crippen LogP contribution is 2.25. The van der Waals surface area contributed by atoms with Crippen molar-refractivity contribution < 1.29 is 33.8 Å². The van der Waals surface area contributed by atoms with Gasteiger partial charge in [-0.25, -0.2) is 19.2 Å². The summed E-state index contributed by atoms with van der Waals surface area (Å²) in [6.07, 6.45) is 6.56. The minimum atomic E-state index is -0.859. The average molecular weight is 679 g/mol. The average Bonchev–Trinajstić information content (AvgIpc) is 3.12. The zero-order chi connectivity index (χ0) is 36.7. The van der Waals surface area contributed by atoms with E-state index >= 15 is 0 Å². The smallest absolute Gasteiger partial charge is 0.346 e. The molecule has 0 spiro atoms. The number of aryl methyl sites for hydroxylation is 2. The molecule has 7 nitrogen and oxygen atoms in total. The first-order valence-corrected chi connectivity index (χ1v) is 17.4. The van der Waals surface area contributed by atoms with Crippen molar-refractivity contribution in [1.29, 1.82) is 0 Å². The minimum Gasteiger partial charge on any atom is -0.478 e. The predicted molar refractivity (Wildman–Crippen MR) is 197 cm³/mol. The molecule has 1 unspecified atom stereocenters. The van der Waals surface area contributed by atoms with Crippen molar-refractivity contribution in [2.75, 3.05) is 0 Å². The first-order chi connectivity index (χ1) is 23.9. The Morgan fingerprint density at radius 2 is 1.10 bits per heavy atom. The van der Waals surface area contributed by atoms with E-state index < -0.39 is 30.0 Å². The second-order valence-corrected chi connectivity index (χ2v) is 13.3. The topological polar surface area (TPSA) is 107 Å². The Bertz CT molecular complexity index is 1700. The lowest BCUT2D eigenvalue weighted by Gasteiger charge is -2.19. The number of rotatable bonds is 13. The zero-order valence-electron chi connectivity index (χ0n) is 30.2. The van der Waals surface area contributed by atoms with E-state index in [2.05, 4.69) is 34.6 Å². The van der Waals surface area contributed by atoms with Crippen LogP contribution in [0.15, 0.2) is 97.1 Å². The number of carboxylic acids is 1. The summed E-state index contributed by atoms with van der Waals surface area (Å²) >= 11 is 0. The monoisotopic (exact) mass is 678 g/mol. The summed E-state index contributed by atoms with van der Waals surface area (Å²) in [7, 11) is 0. The van der Waals surface area contributed by atoms with Crippen LogP contribution in [0.1, 0.15) is 143 Å². The van der Waals surface area contributed by atoms with Crippen LogP contribution >= 0.6 is 0 Å². The van der Waals surface area contributed by atoms with Gasteiger partial charge in [0.25, 0.3) is 0 Å². The van der Waals surface area contributed by atoms with Crippen LogP contribution in [-0.4, -0.2) is 29.0 Å². The van der Waals surface area contributed by atoms with Gasteiger partial charge in [0.15, 0.2) is 0 Å². The van der Waals surface area contributed by atoms with Gasteiger partial charge in [0.2, 0.25) is 0 Å². The SMILES string of the molecule is CCCCc1ccc(C(=O)O)cc1.CCCCc1ccc(C(=O)OC(CC)c2cccc(C(=O)OC(=O)c3ccc(C(C)(C)C)cc3)c2)cc1. The summed E-state index contributed by atoms with van der Waals surface area (Å²) in [5.74, 6) is -2.75. The van der Waals surface area contributed by atoms with E-state index in [1.807, 2.05) is 43.3 Å². The van der Waals surface area contributed by atoms with Crippen molar-refractivity contribution in [3.8, 4) is 0 Å². The number of carbonyl (C=O) groups excluding carboxylic acids is 3. The normalized spacial score (nSPS) is 11.5. The molecule has 4 aromatic carbocycles. The predicted octanol–water partition coefficient (Wildman–Crippen LogP) is 10.4. The molecule has 7 heteroatoms. The number of unbranched alkanes of at least 4 members (excludes halogenated alkanes) is 2. The van der Waals surface area contributed by atoms with Crippen molar-refractivity contribution in [3.63, 3.8) is 0 Å². The standard InChI is InChI=1S/C32H36O5.C11H14O2/c1-6-8-10-22-13-15-23(16-14-22)29(33)36-28(7-2)25-11-9-12-26(21-25)31(35)37-30(34)24-17-19-27(20-18-24)32(3,4)5;1-2-3-4-9-5-7-10(8-6-9)11(12)13/h9,11-21,28H,6-8,10H2,1-5H3;5-8H,2-4H2,1H3,(H,12,13). The zero-order valence-corrected chi connectivity index (χ0v) is 30.2. The summed E-state index contributed by atoms with van der Waals surface area (Å²) in [5, 5.41) is 8.65. The van der Waals surface area contributed by atoms with Gasteiger partial charge in [-0.1, -0.05) is 103 Å². The molecule has 0 aliphatic heterocycles. The number of ether oxygens (including phenoxy) is 2. The molecular weight excluding hydrogens is 628 g/mol. The third-order valence-electron chi connectivity index (χ3n) is 8.31. The highest BCUT2D eigenvalue weighted by Gasteiger charge is 2.21. The summed E-state index contributed by atoms with van der Waals surface area (Å²) in [5.41, 5.74) is 5.46. The van der Waals surface area contributed by atoms with Gasteiger partial charge in [-0.05, 0) is 108 Å². The third kappa shape index (κ3) is 12.1. The van der Waals surface area contributed by atoms with Gasteiger partial charge in [-0.2, -0.15) is 0 Å². The van der Waals surface area contributed by atoms with Gasteiger partial charge in [-0.15, -0.1) is 0 Å². The summed E-state index contributed by atoms with van der Waals surface area (Å²) in [6.45, 7) is 12.5. The molecule has 0 bridgehead atoms. The van der Waals surface area contributed by atoms with Crippen LogP contribution in [0.5, 0.6) is 0 Å². The van der Waals surface area contributed by atoms with Gasteiger partial charge in [0.1, 0.15) is 6.10 Å². The van der Waals surface area contributed by atoms with Crippen molar-refractivity contribution in [3.05, 3.63) is 142 Å². The molecule has 0 amide bonds. The fourth-order valence-electron chi connectivity index (χ4n) is 5.14. The first-order valence-electron chi connectivity index (χ1n) is 17.4. The molecule has 264 valence electrons. The van der Waals surface area contributed by atoms with Crippen molar-refractivity contribution in [1.82, 2.24) is 0 Å². The van der Waals surface area contributed by atoms with Gasteiger partial charge in [0.05, 0.1) is 22.3 Å². The molecule has 4 rings (SSSR count). The number of carbonyl (C=O) groups is 4. The van der Waals surface area contributed by atoms with E-state index in [0.717, 1.165) is 37.7 Å². The van der Waals surface area contributed by atoms with Crippen LogP contribution < -0.4 is 0 Å². The Labute approximate surface area is 296 Å². The Morgan fingerprint density at radius 1 is 0.620 bits per heavy atom.